The molecule has 0 aromatic carbocycles. The van der Waals surface area contributed by atoms with Crippen LogP contribution in [0.3, 0.4) is 0 Å². The smallest absolute Gasteiger partial charge is 0.271 e. The summed E-state index contributed by atoms with van der Waals surface area (Å²) in [7, 11) is -10.6. The summed E-state index contributed by atoms with van der Waals surface area (Å²) in [6, 6.07) is 0. The molecule has 3 N–H and O–H groups in total. The fraction of sp³-hybridized carbons (Fsp3) is 0.952. The normalized spacial score (nSPS) is 12.3. The van der Waals surface area contributed by atoms with Gasteiger partial charge < -0.3 is 38.5 Å². The van der Waals surface area contributed by atoms with Gasteiger partial charge in [0.05, 0.1) is 73.3 Å². The average molecular weight is 814 g/mol. The van der Waals surface area contributed by atoms with E-state index in [1.807, 2.05) is 14.7 Å². The van der Waals surface area contributed by atoms with Gasteiger partial charge in [-0.1, -0.05) is 120 Å². The van der Waals surface area contributed by atoms with E-state index in [4.69, 9.17) is 6.42 Å². The summed E-state index contributed by atoms with van der Waals surface area (Å²) in [6.07, 6.45) is 31.0. The van der Waals surface area contributed by atoms with Crippen LogP contribution >= 0.6 is 15.6 Å². The minimum Gasteiger partial charge on any atom is -0.790 e. The van der Waals surface area contributed by atoms with Crippen LogP contribution in [0, 0.1) is 12.3 Å². The standard InChI is InChI=1S/3C12H27N.C6H12O7P2/c3*1-4-7-10-13(11-8-5-2)12-9-6-3;1-2-3-4-5-6-12-15(10,11)13-14(7,8)9/h3*4-12H2,1-3H3;1H,3-6H2,(H,10,11)(H2,7,8,9). The van der Waals surface area contributed by atoms with E-state index < -0.39 is 15.6 Å². The first kappa shape index (κ1) is 60.4. The molecule has 0 rings (SSSR count). The van der Waals surface area contributed by atoms with Crippen molar-refractivity contribution in [1.82, 2.24) is 0 Å². The van der Waals surface area contributed by atoms with Crippen molar-refractivity contribution in [3.05, 3.63) is 0 Å². The topological polar surface area (TPSA) is 135 Å². The average Bonchev–Trinajstić information content (AvgIpc) is 3.13. The predicted octanol–water partition coefficient (Wildman–Crippen LogP) is 5.94. The molecule has 0 radical (unpaired) electrons. The van der Waals surface area contributed by atoms with Crippen molar-refractivity contribution in [1.29, 1.82) is 0 Å². The second kappa shape index (κ2) is 47.1. The minimum absolute atomic E-state index is 0.275. The van der Waals surface area contributed by atoms with Crippen LogP contribution in [0.4, 0.5) is 0 Å². The van der Waals surface area contributed by atoms with E-state index in [1.165, 1.54) is 174 Å². The Balaban J connectivity index is -0.000000309. The van der Waals surface area contributed by atoms with Crippen LogP contribution in [0.5, 0.6) is 0 Å². The molecule has 0 bridgehead atoms. The zero-order valence-corrected chi connectivity index (χ0v) is 39.0. The van der Waals surface area contributed by atoms with Crippen molar-refractivity contribution in [2.45, 2.75) is 197 Å². The van der Waals surface area contributed by atoms with E-state index in [2.05, 4.69) is 77.1 Å². The Labute approximate surface area is 337 Å². The third-order valence-corrected chi connectivity index (χ3v) is 11.2. The molecule has 0 aromatic heterocycles. The van der Waals surface area contributed by atoms with Crippen LogP contribution in [-0.4, -0.2) is 65.5 Å². The summed E-state index contributed by atoms with van der Waals surface area (Å²) < 4.78 is 27.9. The molecule has 0 aliphatic heterocycles. The van der Waals surface area contributed by atoms with Crippen molar-refractivity contribution in [3.8, 4) is 12.3 Å². The molecule has 0 saturated carbocycles. The quantitative estimate of drug-likeness (QED) is 0.0417. The molecule has 10 nitrogen and oxygen atoms in total. The van der Waals surface area contributed by atoms with Gasteiger partial charge >= 0.3 is 0 Å². The molecule has 0 amide bonds. The molecule has 0 aliphatic rings. The van der Waals surface area contributed by atoms with E-state index >= 15 is 0 Å². The summed E-state index contributed by atoms with van der Waals surface area (Å²) >= 11 is 0. The third kappa shape index (κ3) is 53.8. The summed E-state index contributed by atoms with van der Waals surface area (Å²) in [4.78, 5) is 36.1. The van der Waals surface area contributed by atoms with Gasteiger partial charge in [0.25, 0.3) is 7.82 Å². The van der Waals surface area contributed by atoms with Crippen molar-refractivity contribution in [2.75, 3.05) is 65.5 Å². The number of rotatable bonds is 34. The number of unbranched alkanes of at least 4 members (excludes halogenated alkanes) is 11. The minimum atomic E-state index is -5.58. The summed E-state index contributed by atoms with van der Waals surface area (Å²) in [6.45, 7) is 32.9. The van der Waals surface area contributed by atoms with E-state index in [1.54, 1.807) is 0 Å². The SMILES string of the molecule is C#CCCCCOP(=O)([O-])OP(=O)([O-])[O-].CCCC[NH+](CCCC)CCCC.CCCC[NH+](CCCC)CCCC.CCCC[NH+](CCCC)CCCC. The number of hydrogen-bond acceptors (Lipinski definition) is 7. The van der Waals surface area contributed by atoms with Crippen LogP contribution in [0.1, 0.15) is 197 Å². The van der Waals surface area contributed by atoms with Gasteiger partial charge in [-0.25, -0.2) is 0 Å². The molecular formula is C42H93N3O7P2. The van der Waals surface area contributed by atoms with Gasteiger partial charge in [-0.3, -0.25) is 8.88 Å². The molecule has 54 heavy (non-hydrogen) atoms. The van der Waals surface area contributed by atoms with E-state index in [0.29, 0.717) is 19.3 Å². The van der Waals surface area contributed by atoms with Gasteiger partial charge in [-0.2, -0.15) is 0 Å². The van der Waals surface area contributed by atoms with Crippen LogP contribution in [0.15, 0.2) is 0 Å². The summed E-state index contributed by atoms with van der Waals surface area (Å²) in [5.74, 6) is 2.33. The molecular weight excluding hydrogens is 720 g/mol. The van der Waals surface area contributed by atoms with E-state index in [0.717, 1.165) is 0 Å². The molecule has 12 heteroatoms. The van der Waals surface area contributed by atoms with Crippen molar-refractivity contribution in [3.63, 3.8) is 0 Å². The number of phosphoric ester groups is 1. The lowest BCUT2D eigenvalue weighted by Crippen LogP contribution is -3.12. The van der Waals surface area contributed by atoms with Gasteiger partial charge in [0.2, 0.25) is 0 Å². The Bertz CT molecular complexity index is 744. The maximum atomic E-state index is 10.6. The summed E-state index contributed by atoms with van der Waals surface area (Å²) in [5.41, 5.74) is 0. The number of nitrogens with one attached hydrogen (secondary N) is 3. The van der Waals surface area contributed by atoms with E-state index in [-0.39, 0.29) is 6.61 Å². The summed E-state index contributed by atoms with van der Waals surface area (Å²) in [5, 5.41) is 0. The molecule has 0 spiro atoms. The maximum Gasteiger partial charge on any atom is 0.271 e. The van der Waals surface area contributed by atoms with Crippen LogP contribution < -0.4 is 29.4 Å². The highest BCUT2D eigenvalue weighted by Gasteiger charge is 2.11. The monoisotopic (exact) mass is 814 g/mol. The van der Waals surface area contributed by atoms with Gasteiger partial charge in [0.1, 0.15) is 0 Å². The fourth-order valence-corrected chi connectivity index (χ4v) is 7.14. The van der Waals surface area contributed by atoms with Crippen LogP contribution in [-0.2, 0) is 18.0 Å². The molecule has 1 atom stereocenters. The van der Waals surface area contributed by atoms with Gasteiger partial charge in [0, 0.05) is 6.42 Å². The second-order valence-electron chi connectivity index (χ2n) is 14.7. The first-order chi connectivity index (χ1) is 25.8. The lowest BCUT2D eigenvalue weighted by molar-refractivity contribution is -0.900. The first-order valence-corrected chi connectivity index (χ1v) is 25.4. The van der Waals surface area contributed by atoms with E-state index in [9.17, 15) is 23.8 Å². The van der Waals surface area contributed by atoms with Gasteiger partial charge in [-0.15, -0.1) is 12.3 Å². The largest absolute Gasteiger partial charge is 0.790 e. The molecule has 0 aliphatic carbocycles. The Morgan fingerprint density at radius 2 is 0.685 bits per heavy atom. The van der Waals surface area contributed by atoms with Crippen molar-refractivity contribution in [2.24, 2.45) is 0 Å². The van der Waals surface area contributed by atoms with Crippen molar-refractivity contribution < 1.29 is 47.3 Å². The zero-order chi connectivity index (χ0) is 41.8. The predicted molar refractivity (Wildman–Crippen MR) is 226 cm³/mol. The Morgan fingerprint density at radius 1 is 0.444 bits per heavy atom. The third-order valence-electron chi connectivity index (χ3n) is 9.12. The highest BCUT2D eigenvalue weighted by atomic mass is 31.3. The number of terminal acetylenes is 1. The molecule has 0 heterocycles. The first-order valence-electron chi connectivity index (χ1n) is 22.4. The number of phosphoric acid groups is 2. The molecule has 0 fully saturated rings. The van der Waals surface area contributed by atoms with Crippen molar-refractivity contribution >= 4 is 15.6 Å². The highest BCUT2D eigenvalue weighted by Crippen LogP contribution is 2.50. The lowest BCUT2D eigenvalue weighted by atomic mass is 10.2. The fourth-order valence-electron chi connectivity index (χ4n) is 5.62. The number of hydrogen-bond donors (Lipinski definition) is 3. The maximum absolute atomic E-state index is 10.6. The van der Waals surface area contributed by atoms with Gasteiger partial charge in [0.15, 0.2) is 0 Å². The van der Waals surface area contributed by atoms with Crippen LogP contribution in [0.2, 0.25) is 0 Å². The molecule has 0 saturated heterocycles. The second-order valence-corrected chi connectivity index (χ2v) is 17.4. The molecule has 0 aromatic rings. The number of quaternary nitrogens is 3. The lowest BCUT2D eigenvalue weighted by Gasteiger charge is -2.35. The molecule has 328 valence electrons. The van der Waals surface area contributed by atoms with Gasteiger partial charge in [-0.05, 0) is 70.6 Å². The Kier molecular flexibility index (Phi) is 52.6. The molecule has 1 unspecified atom stereocenters. The highest BCUT2D eigenvalue weighted by molar-refractivity contribution is 7.58. The zero-order valence-electron chi connectivity index (χ0n) is 37.2. The Morgan fingerprint density at radius 3 is 0.870 bits per heavy atom. The van der Waals surface area contributed by atoms with Crippen LogP contribution in [0.25, 0.3) is 0 Å². The Hall–Kier alpha value is -0.300.